The summed E-state index contributed by atoms with van der Waals surface area (Å²) < 4.78 is 41.4. The molecule has 0 aromatic heterocycles. The molecule has 0 aliphatic heterocycles. The molecular formula is C16H15BrF3N. The Kier molecular flexibility index (Phi) is 5.42. The Hall–Kier alpha value is -1.33. The van der Waals surface area contributed by atoms with Crippen molar-refractivity contribution in [2.24, 2.45) is 0 Å². The molecule has 0 aliphatic rings. The summed E-state index contributed by atoms with van der Waals surface area (Å²) >= 11 is 3.34. The monoisotopic (exact) mass is 357 g/mol. The first-order valence-corrected chi connectivity index (χ1v) is 7.45. The summed E-state index contributed by atoms with van der Waals surface area (Å²) in [4.78, 5) is 0. The van der Waals surface area contributed by atoms with Crippen LogP contribution in [0.2, 0.25) is 0 Å². The van der Waals surface area contributed by atoms with Crippen LogP contribution in [-0.2, 0) is 0 Å². The number of hydrogen-bond donors (Lipinski definition) is 1. The van der Waals surface area contributed by atoms with E-state index < -0.39 is 23.5 Å². The largest absolute Gasteiger partial charge is 0.306 e. The van der Waals surface area contributed by atoms with E-state index in [1.165, 1.54) is 0 Å². The molecule has 1 N–H and O–H groups in total. The van der Waals surface area contributed by atoms with E-state index in [2.05, 4.69) is 21.2 Å². The third-order valence-electron chi connectivity index (χ3n) is 3.15. The van der Waals surface area contributed by atoms with E-state index >= 15 is 0 Å². The molecule has 0 aliphatic carbocycles. The minimum atomic E-state index is -1.18. The van der Waals surface area contributed by atoms with Crippen molar-refractivity contribution < 1.29 is 13.2 Å². The maximum Gasteiger partial charge on any atom is 0.161 e. The molecule has 0 fully saturated rings. The van der Waals surface area contributed by atoms with Crippen LogP contribution in [0.4, 0.5) is 13.2 Å². The van der Waals surface area contributed by atoms with Gasteiger partial charge in [0.15, 0.2) is 11.6 Å². The molecule has 0 heterocycles. The number of benzene rings is 2. The molecule has 5 heteroatoms. The van der Waals surface area contributed by atoms with Gasteiger partial charge in [-0.2, -0.15) is 0 Å². The van der Waals surface area contributed by atoms with Crippen molar-refractivity contribution in [3.63, 3.8) is 0 Å². The van der Waals surface area contributed by atoms with E-state index in [0.717, 1.165) is 22.5 Å². The summed E-state index contributed by atoms with van der Waals surface area (Å²) in [6.45, 7) is 2.62. The van der Waals surface area contributed by atoms with Crippen molar-refractivity contribution in [2.45, 2.75) is 19.4 Å². The first-order chi connectivity index (χ1) is 10.0. The Morgan fingerprint density at radius 3 is 2.24 bits per heavy atom. The first-order valence-electron chi connectivity index (χ1n) is 6.66. The molecular weight excluding hydrogens is 343 g/mol. The van der Waals surface area contributed by atoms with Gasteiger partial charge in [-0.3, -0.25) is 0 Å². The van der Waals surface area contributed by atoms with Gasteiger partial charge in [0.1, 0.15) is 5.82 Å². The van der Waals surface area contributed by atoms with E-state index in [1.807, 2.05) is 31.2 Å². The number of rotatable bonds is 5. The molecule has 0 saturated heterocycles. The molecule has 0 amide bonds. The molecule has 0 spiro atoms. The zero-order valence-corrected chi connectivity index (χ0v) is 13.1. The molecule has 2 aromatic carbocycles. The van der Waals surface area contributed by atoms with E-state index in [1.54, 1.807) is 0 Å². The topological polar surface area (TPSA) is 12.0 Å². The van der Waals surface area contributed by atoms with Crippen LogP contribution >= 0.6 is 15.9 Å². The number of hydrogen-bond acceptors (Lipinski definition) is 1. The van der Waals surface area contributed by atoms with E-state index in [-0.39, 0.29) is 5.56 Å². The van der Waals surface area contributed by atoms with Crippen molar-refractivity contribution in [1.82, 2.24) is 5.32 Å². The molecule has 112 valence electrons. The molecule has 0 saturated carbocycles. The van der Waals surface area contributed by atoms with Crippen LogP contribution in [0.25, 0.3) is 0 Å². The van der Waals surface area contributed by atoms with E-state index in [9.17, 15) is 13.2 Å². The standard InChI is InChI=1S/C16H15BrF3N/c1-2-7-21-16(10-3-5-11(17)6-4-10)12-8-14(19)15(20)9-13(12)18/h3-6,8-9,16,21H,2,7H2,1H3. The Morgan fingerprint density at radius 2 is 1.62 bits per heavy atom. The average molecular weight is 358 g/mol. The summed E-state index contributed by atoms with van der Waals surface area (Å²) in [7, 11) is 0. The molecule has 21 heavy (non-hydrogen) atoms. The van der Waals surface area contributed by atoms with Gasteiger partial charge in [0.2, 0.25) is 0 Å². The molecule has 1 nitrogen and oxygen atoms in total. The van der Waals surface area contributed by atoms with Crippen molar-refractivity contribution in [1.29, 1.82) is 0 Å². The molecule has 0 radical (unpaired) electrons. The van der Waals surface area contributed by atoms with Gasteiger partial charge in [0.25, 0.3) is 0 Å². The lowest BCUT2D eigenvalue weighted by molar-refractivity contribution is 0.479. The van der Waals surface area contributed by atoms with Gasteiger partial charge in [0.05, 0.1) is 6.04 Å². The fraction of sp³-hybridized carbons (Fsp3) is 0.250. The first kappa shape index (κ1) is 16.0. The fourth-order valence-corrected chi connectivity index (χ4v) is 2.37. The third-order valence-corrected chi connectivity index (χ3v) is 3.68. The summed E-state index contributed by atoms with van der Waals surface area (Å²) in [5, 5.41) is 3.16. The summed E-state index contributed by atoms with van der Waals surface area (Å²) in [6, 6.07) is 8.27. The molecule has 2 rings (SSSR count). The van der Waals surface area contributed by atoms with E-state index in [0.29, 0.717) is 12.6 Å². The number of halogens is 4. The summed E-state index contributed by atoms with van der Waals surface area (Å²) in [6.07, 6.45) is 0.846. The highest BCUT2D eigenvalue weighted by Crippen LogP contribution is 2.27. The Labute approximate surface area is 130 Å². The predicted molar refractivity (Wildman–Crippen MR) is 80.6 cm³/mol. The second kappa shape index (κ2) is 7.09. The van der Waals surface area contributed by atoms with Crippen molar-refractivity contribution >= 4 is 15.9 Å². The minimum Gasteiger partial charge on any atom is -0.306 e. The third kappa shape index (κ3) is 3.86. The van der Waals surface area contributed by atoms with Crippen LogP contribution in [0.1, 0.15) is 30.5 Å². The Bertz CT molecular complexity index is 614. The van der Waals surface area contributed by atoms with Gasteiger partial charge < -0.3 is 5.32 Å². The van der Waals surface area contributed by atoms with Gasteiger partial charge in [-0.1, -0.05) is 35.0 Å². The van der Waals surface area contributed by atoms with Gasteiger partial charge in [-0.15, -0.1) is 0 Å². The van der Waals surface area contributed by atoms with Crippen LogP contribution in [-0.4, -0.2) is 6.54 Å². The Morgan fingerprint density at radius 1 is 1.00 bits per heavy atom. The van der Waals surface area contributed by atoms with Crippen molar-refractivity contribution in [3.8, 4) is 0 Å². The van der Waals surface area contributed by atoms with E-state index in [4.69, 9.17) is 0 Å². The van der Waals surface area contributed by atoms with Crippen LogP contribution in [0.5, 0.6) is 0 Å². The highest BCUT2D eigenvalue weighted by Gasteiger charge is 2.20. The van der Waals surface area contributed by atoms with Gasteiger partial charge in [-0.05, 0) is 36.7 Å². The molecule has 0 bridgehead atoms. The SMILES string of the molecule is CCCNC(c1ccc(Br)cc1)c1cc(F)c(F)cc1F. The Balaban J connectivity index is 2.45. The number of nitrogens with one attached hydrogen (secondary N) is 1. The van der Waals surface area contributed by atoms with Crippen LogP contribution < -0.4 is 5.32 Å². The average Bonchev–Trinajstić information content (AvgIpc) is 2.46. The second-order valence-corrected chi connectivity index (χ2v) is 5.64. The normalized spacial score (nSPS) is 12.4. The molecule has 1 atom stereocenters. The zero-order chi connectivity index (χ0) is 15.4. The highest BCUT2D eigenvalue weighted by atomic mass is 79.9. The quantitative estimate of drug-likeness (QED) is 0.746. The van der Waals surface area contributed by atoms with Gasteiger partial charge >= 0.3 is 0 Å². The maximum absolute atomic E-state index is 14.0. The van der Waals surface area contributed by atoms with Gasteiger partial charge in [0, 0.05) is 16.1 Å². The predicted octanol–water partition coefficient (Wildman–Crippen LogP) is 4.96. The maximum atomic E-state index is 14.0. The lowest BCUT2D eigenvalue weighted by Gasteiger charge is -2.20. The van der Waals surface area contributed by atoms with Gasteiger partial charge in [-0.25, -0.2) is 13.2 Å². The van der Waals surface area contributed by atoms with Crippen molar-refractivity contribution in [2.75, 3.05) is 6.54 Å². The highest BCUT2D eigenvalue weighted by molar-refractivity contribution is 9.10. The molecule has 1 unspecified atom stereocenters. The summed E-state index contributed by atoms with van der Waals surface area (Å²) in [5.74, 6) is -2.99. The summed E-state index contributed by atoms with van der Waals surface area (Å²) in [5.41, 5.74) is 0.890. The fourth-order valence-electron chi connectivity index (χ4n) is 2.11. The smallest absolute Gasteiger partial charge is 0.161 e. The lowest BCUT2D eigenvalue weighted by atomic mass is 9.97. The van der Waals surface area contributed by atoms with Crippen LogP contribution in [0, 0.1) is 17.5 Å². The van der Waals surface area contributed by atoms with Crippen LogP contribution in [0.3, 0.4) is 0 Å². The minimum absolute atomic E-state index is 0.102. The van der Waals surface area contributed by atoms with Crippen LogP contribution in [0.15, 0.2) is 40.9 Å². The van der Waals surface area contributed by atoms with Crippen molar-refractivity contribution in [3.05, 3.63) is 69.4 Å². The molecule has 2 aromatic rings. The second-order valence-electron chi connectivity index (χ2n) is 4.73. The zero-order valence-electron chi connectivity index (χ0n) is 11.5. The lowest BCUT2D eigenvalue weighted by Crippen LogP contribution is -2.24.